The molecule has 0 aliphatic carbocycles. The first-order valence-corrected chi connectivity index (χ1v) is 12.2. The molecule has 4 rings (SSSR count). The molecular weight excluding hydrogens is 482 g/mol. The van der Waals surface area contributed by atoms with E-state index in [1.54, 1.807) is 37.6 Å². The topological polar surface area (TPSA) is 103 Å². The first kappa shape index (κ1) is 25.3. The number of halogens is 2. The van der Waals surface area contributed by atoms with Gasteiger partial charge in [-0.2, -0.15) is 0 Å². The van der Waals surface area contributed by atoms with Crippen molar-refractivity contribution in [3.05, 3.63) is 82.6 Å². The third-order valence-electron chi connectivity index (χ3n) is 5.34. The maximum absolute atomic E-state index is 13.9. The summed E-state index contributed by atoms with van der Waals surface area (Å²) in [5.41, 5.74) is 2.64. The lowest BCUT2D eigenvalue weighted by Gasteiger charge is -2.08. The summed E-state index contributed by atoms with van der Waals surface area (Å²) in [5, 5.41) is 8.05. The van der Waals surface area contributed by atoms with E-state index in [4.69, 9.17) is 0 Å². The molecule has 0 radical (unpaired) electrons. The van der Waals surface area contributed by atoms with Crippen molar-refractivity contribution in [3.63, 3.8) is 0 Å². The lowest BCUT2D eigenvalue weighted by molar-refractivity contribution is 0.594. The number of rotatable bonds is 11. The molecule has 0 unspecified atom stereocenters. The van der Waals surface area contributed by atoms with Crippen LogP contribution in [-0.4, -0.2) is 52.6 Å². The third kappa shape index (κ3) is 6.43. The standard InChI is InChI=1S/C25H26F2N8S/c1-28-24(33-15-20-18(27)4-3-11-31-20)23-25(29-2)36-22(35-23)10-13-30-12-9-21-32-14-19(34-21)16-5-7-17(26)8-6-16/h3-8,11,14,30H,2,9-10,12-13,15H2,1H3,(H,28,33)(H,32,34). The van der Waals surface area contributed by atoms with E-state index in [0.717, 1.165) is 41.6 Å². The van der Waals surface area contributed by atoms with E-state index >= 15 is 0 Å². The van der Waals surface area contributed by atoms with Gasteiger partial charge in [0, 0.05) is 39.2 Å². The molecule has 186 valence electrons. The molecule has 36 heavy (non-hydrogen) atoms. The maximum atomic E-state index is 13.9. The Morgan fingerprint density at radius 2 is 1.92 bits per heavy atom. The number of thiazole rings is 1. The monoisotopic (exact) mass is 508 g/mol. The zero-order chi connectivity index (χ0) is 25.3. The highest BCUT2D eigenvalue weighted by Crippen LogP contribution is 2.28. The van der Waals surface area contributed by atoms with Crippen molar-refractivity contribution in [1.29, 1.82) is 0 Å². The van der Waals surface area contributed by atoms with Gasteiger partial charge in [0.05, 0.1) is 29.1 Å². The van der Waals surface area contributed by atoms with E-state index in [-0.39, 0.29) is 18.2 Å². The smallest absolute Gasteiger partial charge is 0.150 e. The molecule has 0 saturated carbocycles. The van der Waals surface area contributed by atoms with Crippen molar-refractivity contribution in [2.45, 2.75) is 19.4 Å². The molecule has 0 aliphatic rings. The van der Waals surface area contributed by atoms with Crippen molar-refractivity contribution in [2.75, 3.05) is 20.1 Å². The average molecular weight is 509 g/mol. The lowest BCUT2D eigenvalue weighted by Crippen LogP contribution is -2.25. The van der Waals surface area contributed by atoms with Gasteiger partial charge in [0.1, 0.15) is 28.2 Å². The third-order valence-corrected chi connectivity index (χ3v) is 6.39. The predicted molar refractivity (Wildman–Crippen MR) is 139 cm³/mol. The fourth-order valence-corrected chi connectivity index (χ4v) is 4.37. The Morgan fingerprint density at radius 1 is 1.11 bits per heavy atom. The van der Waals surface area contributed by atoms with Gasteiger partial charge in [0.2, 0.25) is 0 Å². The van der Waals surface area contributed by atoms with Crippen LogP contribution in [0.2, 0.25) is 0 Å². The molecule has 3 heterocycles. The molecular formula is C25H26F2N8S. The Kier molecular flexibility index (Phi) is 8.58. The Morgan fingerprint density at radius 3 is 2.67 bits per heavy atom. The van der Waals surface area contributed by atoms with Crippen molar-refractivity contribution in [3.8, 4) is 11.3 Å². The highest BCUT2D eigenvalue weighted by Gasteiger charge is 2.16. The summed E-state index contributed by atoms with van der Waals surface area (Å²) in [4.78, 5) is 24.8. The van der Waals surface area contributed by atoms with Crippen LogP contribution in [0.3, 0.4) is 0 Å². The van der Waals surface area contributed by atoms with E-state index in [1.165, 1.54) is 29.5 Å². The minimum atomic E-state index is -0.381. The number of H-pyrrole nitrogens is 1. The van der Waals surface area contributed by atoms with Crippen LogP contribution in [0.4, 0.5) is 13.8 Å². The number of aromatic nitrogens is 4. The Hall–Kier alpha value is -3.83. The molecule has 0 bridgehead atoms. The van der Waals surface area contributed by atoms with Crippen LogP contribution in [0, 0.1) is 11.6 Å². The number of imidazole rings is 1. The number of amidine groups is 1. The van der Waals surface area contributed by atoms with Gasteiger partial charge in [-0.1, -0.05) is 11.3 Å². The van der Waals surface area contributed by atoms with Crippen LogP contribution in [0.15, 0.2) is 58.8 Å². The van der Waals surface area contributed by atoms with Gasteiger partial charge in [0.25, 0.3) is 0 Å². The number of aliphatic imine (C=N–C) groups is 2. The van der Waals surface area contributed by atoms with Crippen LogP contribution in [-0.2, 0) is 19.4 Å². The minimum Gasteiger partial charge on any atom is -0.363 e. The van der Waals surface area contributed by atoms with E-state index in [0.29, 0.717) is 28.6 Å². The number of pyridine rings is 1. The normalized spacial score (nSPS) is 11.6. The van der Waals surface area contributed by atoms with E-state index in [1.807, 2.05) is 0 Å². The summed E-state index contributed by atoms with van der Waals surface area (Å²) in [7, 11) is 1.64. The predicted octanol–water partition coefficient (Wildman–Crippen LogP) is 4.08. The van der Waals surface area contributed by atoms with Crippen molar-refractivity contribution in [2.24, 2.45) is 9.98 Å². The number of nitrogens with zero attached hydrogens (tertiary/aromatic N) is 5. The van der Waals surface area contributed by atoms with Crippen LogP contribution in [0.25, 0.3) is 11.3 Å². The summed E-state index contributed by atoms with van der Waals surface area (Å²) >= 11 is 1.45. The van der Waals surface area contributed by atoms with E-state index < -0.39 is 0 Å². The molecule has 3 N–H and O–H groups in total. The number of nitrogens with one attached hydrogen (secondary N) is 3. The van der Waals surface area contributed by atoms with Gasteiger partial charge < -0.3 is 15.6 Å². The zero-order valence-corrected chi connectivity index (χ0v) is 20.6. The van der Waals surface area contributed by atoms with Crippen LogP contribution in [0.1, 0.15) is 22.2 Å². The summed E-state index contributed by atoms with van der Waals surface area (Å²) < 4.78 is 27.0. The number of hydrogen-bond donors (Lipinski definition) is 3. The fourth-order valence-electron chi connectivity index (χ4n) is 3.50. The van der Waals surface area contributed by atoms with E-state index in [9.17, 15) is 8.78 Å². The molecule has 0 saturated heterocycles. The second-order valence-electron chi connectivity index (χ2n) is 7.78. The van der Waals surface area contributed by atoms with Gasteiger partial charge in [-0.15, -0.1) is 0 Å². The molecule has 11 heteroatoms. The minimum absolute atomic E-state index is 0.181. The van der Waals surface area contributed by atoms with Crippen molar-refractivity contribution >= 4 is 28.9 Å². The molecule has 0 atom stereocenters. The summed E-state index contributed by atoms with van der Waals surface area (Å²) in [5.74, 6) is 0.720. The molecule has 0 fully saturated rings. The van der Waals surface area contributed by atoms with Gasteiger partial charge in [-0.25, -0.2) is 18.7 Å². The van der Waals surface area contributed by atoms with Crippen LogP contribution >= 0.6 is 11.3 Å². The average Bonchev–Trinajstić information content (AvgIpc) is 3.53. The molecule has 0 spiro atoms. The maximum Gasteiger partial charge on any atom is 0.150 e. The van der Waals surface area contributed by atoms with Crippen molar-refractivity contribution in [1.82, 2.24) is 30.6 Å². The summed E-state index contributed by atoms with van der Waals surface area (Å²) in [6, 6.07) is 9.23. The Balaban J connectivity index is 1.27. The summed E-state index contributed by atoms with van der Waals surface area (Å²) in [6.45, 7) is 5.29. The second kappa shape index (κ2) is 12.2. The molecule has 1 aromatic carbocycles. The first-order valence-electron chi connectivity index (χ1n) is 11.3. The highest BCUT2D eigenvalue weighted by molar-refractivity contribution is 7.15. The highest BCUT2D eigenvalue weighted by atomic mass is 32.1. The number of hydrogen-bond acceptors (Lipinski definition) is 7. The summed E-state index contributed by atoms with van der Waals surface area (Å²) in [6.07, 6.45) is 4.74. The Labute approximate surface area is 211 Å². The van der Waals surface area contributed by atoms with Gasteiger partial charge >= 0.3 is 0 Å². The van der Waals surface area contributed by atoms with Gasteiger partial charge in [-0.05, 0) is 48.7 Å². The number of aromatic amines is 1. The van der Waals surface area contributed by atoms with Crippen LogP contribution < -0.4 is 10.6 Å². The molecule has 0 amide bonds. The lowest BCUT2D eigenvalue weighted by atomic mass is 10.2. The first-order chi connectivity index (χ1) is 17.6. The number of benzene rings is 1. The van der Waals surface area contributed by atoms with Gasteiger partial charge in [-0.3, -0.25) is 15.0 Å². The quantitative estimate of drug-likeness (QED) is 0.161. The van der Waals surface area contributed by atoms with Gasteiger partial charge in [0.15, 0.2) is 5.84 Å². The largest absolute Gasteiger partial charge is 0.363 e. The molecule has 0 aliphatic heterocycles. The van der Waals surface area contributed by atoms with Crippen molar-refractivity contribution < 1.29 is 8.78 Å². The van der Waals surface area contributed by atoms with E-state index in [2.05, 4.69) is 47.3 Å². The second-order valence-corrected chi connectivity index (χ2v) is 8.84. The SMILES string of the molecule is C=Nc1sc(CCNCCc2ncc(-c3ccc(F)cc3)[nH]2)nc1C(=NC)NCc1ncccc1F. The van der Waals surface area contributed by atoms with Crippen LogP contribution in [0.5, 0.6) is 0 Å². The molecule has 4 aromatic rings. The fraction of sp³-hybridized carbons (Fsp3) is 0.240. The molecule has 3 aromatic heterocycles. The zero-order valence-electron chi connectivity index (χ0n) is 19.8. The molecule has 8 nitrogen and oxygen atoms in total. The Bertz CT molecular complexity index is 1330.